The Morgan fingerprint density at radius 2 is 2.10 bits per heavy atom. The van der Waals surface area contributed by atoms with E-state index < -0.39 is 23.1 Å². The minimum absolute atomic E-state index is 0.0154. The van der Waals surface area contributed by atoms with Crippen molar-refractivity contribution in [2.45, 2.75) is 26.2 Å². The smallest absolute Gasteiger partial charge is 0.257 e. The van der Waals surface area contributed by atoms with Crippen LogP contribution in [0.2, 0.25) is 0 Å². The zero-order chi connectivity index (χ0) is 15.1. The third kappa shape index (κ3) is 4.16. The Labute approximate surface area is 117 Å². The maximum absolute atomic E-state index is 13.7. The quantitative estimate of drug-likeness (QED) is 0.672. The van der Waals surface area contributed by atoms with Crippen LogP contribution in [0.5, 0.6) is 0 Å². The molecule has 1 aromatic rings. The van der Waals surface area contributed by atoms with Crippen LogP contribution in [0.25, 0.3) is 0 Å². The number of nitrogen functional groups attached to an aromatic ring is 1. The lowest BCUT2D eigenvalue weighted by molar-refractivity contribution is 0.0934. The molecular weight excluding hydrogens is 266 g/mol. The van der Waals surface area contributed by atoms with E-state index in [0.29, 0.717) is 6.42 Å². The normalized spacial score (nSPS) is 12.2. The second-order valence-corrected chi connectivity index (χ2v) is 4.70. The molecule has 1 unspecified atom stereocenters. The van der Waals surface area contributed by atoms with Crippen LogP contribution in [0.15, 0.2) is 12.1 Å². The summed E-state index contributed by atoms with van der Waals surface area (Å²) in [6.07, 6.45) is 2.26. The van der Waals surface area contributed by atoms with E-state index in [-0.39, 0.29) is 24.8 Å². The summed E-state index contributed by atoms with van der Waals surface area (Å²) < 4.78 is 27.2. The number of benzene rings is 1. The molecule has 112 valence electrons. The van der Waals surface area contributed by atoms with E-state index in [0.717, 1.165) is 25.0 Å². The molecule has 0 radical (unpaired) electrons. The van der Waals surface area contributed by atoms with Crippen molar-refractivity contribution < 1.29 is 18.7 Å². The molecule has 1 aromatic carbocycles. The van der Waals surface area contributed by atoms with Gasteiger partial charge in [0.15, 0.2) is 5.82 Å². The van der Waals surface area contributed by atoms with E-state index in [1.807, 2.05) is 6.92 Å². The van der Waals surface area contributed by atoms with E-state index in [1.54, 1.807) is 0 Å². The fourth-order valence-corrected chi connectivity index (χ4v) is 2.04. The molecule has 0 aromatic heterocycles. The Bertz CT molecular complexity index is 461. The Balaban J connectivity index is 2.74. The van der Waals surface area contributed by atoms with Gasteiger partial charge in [-0.2, -0.15) is 0 Å². The zero-order valence-electron chi connectivity index (χ0n) is 11.5. The van der Waals surface area contributed by atoms with Crippen molar-refractivity contribution in [1.29, 1.82) is 0 Å². The topological polar surface area (TPSA) is 75.3 Å². The van der Waals surface area contributed by atoms with Gasteiger partial charge >= 0.3 is 0 Å². The highest BCUT2D eigenvalue weighted by molar-refractivity contribution is 5.95. The van der Waals surface area contributed by atoms with E-state index in [4.69, 9.17) is 10.8 Å². The number of carbonyl (C=O) groups is 1. The Morgan fingerprint density at radius 3 is 2.70 bits per heavy atom. The second kappa shape index (κ2) is 7.79. The van der Waals surface area contributed by atoms with Crippen LogP contribution in [0.3, 0.4) is 0 Å². The van der Waals surface area contributed by atoms with Crippen LogP contribution in [0.4, 0.5) is 14.5 Å². The molecule has 1 amide bonds. The molecule has 0 bridgehead atoms. The first-order valence-corrected chi connectivity index (χ1v) is 6.63. The van der Waals surface area contributed by atoms with Crippen LogP contribution in [0.1, 0.15) is 36.5 Å². The minimum Gasteiger partial charge on any atom is -0.396 e. The number of nitrogens with two attached hydrogens (primary N) is 1. The summed E-state index contributed by atoms with van der Waals surface area (Å²) in [5.74, 6) is -2.73. The van der Waals surface area contributed by atoms with Crippen molar-refractivity contribution in [1.82, 2.24) is 5.32 Å². The molecule has 0 fully saturated rings. The standard InChI is InChI=1S/C14H20F2N2O2/c1-2-3-9(6-7-19)8-18-14(20)12-10(15)4-5-11(17)13(12)16/h4-5,9,19H,2-3,6-8,17H2,1H3,(H,18,20). The largest absolute Gasteiger partial charge is 0.396 e. The van der Waals surface area contributed by atoms with Crippen LogP contribution >= 0.6 is 0 Å². The molecule has 0 saturated carbocycles. The first-order valence-electron chi connectivity index (χ1n) is 6.63. The average molecular weight is 286 g/mol. The van der Waals surface area contributed by atoms with Gasteiger partial charge in [-0.1, -0.05) is 13.3 Å². The van der Waals surface area contributed by atoms with Crippen molar-refractivity contribution in [3.8, 4) is 0 Å². The van der Waals surface area contributed by atoms with Gasteiger partial charge in [-0.3, -0.25) is 4.79 Å². The van der Waals surface area contributed by atoms with Crippen molar-refractivity contribution in [3.05, 3.63) is 29.3 Å². The number of nitrogens with one attached hydrogen (secondary N) is 1. The van der Waals surface area contributed by atoms with Gasteiger partial charge in [0.1, 0.15) is 11.4 Å². The molecule has 0 heterocycles. The fourth-order valence-electron chi connectivity index (χ4n) is 2.04. The van der Waals surface area contributed by atoms with Gasteiger partial charge in [-0.15, -0.1) is 0 Å². The number of rotatable bonds is 7. The van der Waals surface area contributed by atoms with Gasteiger partial charge in [0.05, 0.1) is 5.69 Å². The summed E-state index contributed by atoms with van der Waals surface area (Å²) in [6.45, 7) is 2.27. The number of halogens is 2. The summed E-state index contributed by atoms with van der Waals surface area (Å²) >= 11 is 0. The molecule has 4 nitrogen and oxygen atoms in total. The van der Waals surface area contributed by atoms with Crippen LogP contribution < -0.4 is 11.1 Å². The monoisotopic (exact) mass is 286 g/mol. The Morgan fingerprint density at radius 1 is 1.40 bits per heavy atom. The van der Waals surface area contributed by atoms with Crippen molar-refractivity contribution in [3.63, 3.8) is 0 Å². The first kappa shape index (κ1) is 16.4. The summed E-state index contributed by atoms with van der Waals surface area (Å²) in [5, 5.41) is 11.4. The second-order valence-electron chi connectivity index (χ2n) is 4.70. The maximum Gasteiger partial charge on any atom is 0.257 e. The lowest BCUT2D eigenvalue weighted by Gasteiger charge is -2.16. The molecule has 1 atom stereocenters. The predicted molar refractivity (Wildman–Crippen MR) is 73.2 cm³/mol. The molecule has 0 aliphatic carbocycles. The number of anilines is 1. The fraction of sp³-hybridized carbons (Fsp3) is 0.500. The lowest BCUT2D eigenvalue weighted by atomic mass is 10.00. The van der Waals surface area contributed by atoms with Crippen LogP contribution in [-0.4, -0.2) is 24.2 Å². The number of hydrogen-bond donors (Lipinski definition) is 3. The van der Waals surface area contributed by atoms with Crippen molar-refractivity contribution in [2.75, 3.05) is 18.9 Å². The number of carbonyl (C=O) groups excluding carboxylic acids is 1. The van der Waals surface area contributed by atoms with Gasteiger partial charge in [-0.05, 0) is 30.9 Å². The Hall–Kier alpha value is -1.69. The van der Waals surface area contributed by atoms with Crippen molar-refractivity contribution in [2.24, 2.45) is 5.92 Å². The van der Waals surface area contributed by atoms with Gasteiger partial charge in [0.25, 0.3) is 5.91 Å². The number of aliphatic hydroxyl groups is 1. The molecule has 0 spiro atoms. The maximum atomic E-state index is 13.7. The summed E-state index contributed by atoms with van der Waals surface area (Å²) in [5.41, 5.74) is 4.39. The molecule has 0 saturated heterocycles. The highest BCUT2D eigenvalue weighted by Crippen LogP contribution is 2.18. The number of hydrogen-bond acceptors (Lipinski definition) is 3. The van der Waals surface area contributed by atoms with E-state index in [9.17, 15) is 13.6 Å². The Kier molecular flexibility index (Phi) is 6.38. The highest BCUT2D eigenvalue weighted by Gasteiger charge is 2.20. The molecule has 20 heavy (non-hydrogen) atoms. The van der Waals surface area contributed by atoms with E-state index >= 15 is 0 Å². The van der Waals surface area contributed by atoms with E-state index in [2.05, 4.69) is 5.32 Å². The summed E-state index contributed by atoms with van der Waals surface area (Å²) in [4.78, 5) is 11.8. The van der Waals surface area contributed by atoms with Gasteiger partial charge < -0.3 is 16.2 Å². The predicted octanol–water partition coefficient (Wildman–Crippen LogP) is 2.08. The van der Waals surface area contributed by atoms with Crippen LogP contribution in [0, 0.1) is 17.6 Å². The van der Waals surface area contributed by atoms with Gasteiger partial charge in [0.2, 0.25) is 0 Å². The zero-order valence-corrected chi connectivity index (χ0v) is 11.5. The number of amides is 1. The molecule has 1 rings (SSSR count). The van der Waals surface area contributed by atoms with Crippen molar-refractivity contribution >= 4 is 11.6 Å². The molecule has 0 aliphatic rings. The average Bonchev–Trinajstić information content (AvgIpc) is 2.41. The molecule has 6 heteroatoms. The highest BCUT2D eigenvalue weighted by atomic mass is 19.1. The summed E-state index contributed by atoms with van der Waals surface area (Å²) in [7, 11) is 0. The SMILES string of the molecule is CCCC(CCO)CNC(=O)c1c(F)ccc(N)c1F. The third-order valence-electron chi connectivity index (χ3n) is 3.13. The number of aliphatic hydroxyl groups excluding tert-OH is 1. The molecular formula is C14H20F2N2O2. The van der Waals surface area contributed by atoms with Gasteiger partial charge in [0, 0.05) is 13.2 Å². The minimum atomic E-state index is -1.04. The van der Waals surface area contributed by atoms with Gasteiger partial charge in [-0.25, -0.2) is 8.78 Å². The summed E-state index contributed by atoms with van der Waals surface area (Å²) in [6, 6.07) is 2.04. The van der Waals surface area contributed by atoms with E-state index in [1.165, 1.54) is 0 Å². The molecule has 4 N–H and O–H groups in total. The lowest BCUT2D eigenvalue weighted by Crippen LogP contribution is -2.31. The molecule has 0 aliphatic heterocycles. The first-order chi connectivity index (χ1) is 9.51. The van der Waals surface area contributed by atoms with Crippen LogP contribution in [-0.2, 0) is 0 Å². The third-order valence-corrected chi connectivity index (χ3v) is 3.13.